The van der Waals surface area contributed by atoms with Crippen molar-refractivity contribution in [3.8, 4) is 0 Å². The molecule has 0 fully saturated rings. The zero-order valence-corrected chi connectivity index (χ0v) is 17.4. The first-order chi connectivity index (χ1) is 13.4. The van der Waals surface area contributed by atoms with Gasteiger partial charge in [-0.2, -0.15) is 0 Å². The summed E-state index contributed by atoms with van der Waals surface area (Å²) in [6, 6.07) is 18.6. The van der Waals surface area contributed by atoms with Gasteiger partial charge in [-0.05, 0) is 49.6 Å². The van der Waals surface area contributed by atoms with E-state index in [0.717, 1.165) is 10.5 Å². The zero-order valence-electron chi connectivity index (χ0n) is 16.5. The van der Waals surface area contributed by atoms with Crippen LogP contribution in [-0.4, -0.2) is 29.0 Å². The second-order valence-corrected chi connectivity index (χ2v) is 7.97. The SMILES string of the molecule is Cc1cccc(C)c1Sc1ccc(C(=O)N(C)[C@@H](C)[C@H](O)c2ccccc2)o1. The predicted octanol–water partition coefficient (Wildman–Crippen LogP) is 5.24. The molecule has 1 heterocycles. The number of amides is 1. The lowest BCUT2D eigenvalue weighted by atomic mass is 10.0. The molecule has 0 bridgehead atoms. The molecule has 4 nitrogen and oxygen atoms in total. The highest BCUT2D eigenvalue weighted by Crippen LogP contribution is 2.34. The number of aryl methyl sites for hydroxylation is 2. The number of aliphatic hydroxyl groups excluding tert-OH is 1. The fourth-order valence-corrected chi connectivity index (χ4v) is 3.98. The van der Waals surface area contributed by atoms with Crippen LogP contribution in [0.25, 0.3) is 0 Å². The highest BCUT2D eigenvalue weighted by molar-refractivity contribution is 7.99. The second kappa shape index (κ2) is 8.67. The van der Waals surface area contributed by atoms with E-state index in [1.165, 1.54) is 27.8 Å². The molecule has 0 saturated heterocycles. The summed E-state index contributed by atoms with van der Waals surface area (Å²) in [5.74, 6) is 0.0131. The Balaban J connectivity index is 1.73. The van der Waals surface area contributed by atoms with Gasteiger partial charge in [0.25, 0.3) is 5.91 Å². The summed E-state index contributed by atoms with van der Waals surface area (Å²) in [5.41, 5.74) is 3.12. The molecule has 3 rings (SSSR count). The van der Waals surface area contributed by atoms with Crippen LogP contribution in [0.5, 0.6) is 0 Å². The first-order valence-corrected chi connectivity index (χ1v) is 10.0. The van der Waals surface area contributed by atoms with Crippen LogP contribution in [-0.2, 0) is 0 Å². The highest BCUT2D eigenvalue weighted by atomic mass is 32.2. The van der Waals surface area contributed by atoms with Gasteiger partial charge in [-0.3, -0.25) is 4.79 Å². The van der Waals surface area contributed by atoms with Crippen molar-refractivity contribution in [1.29, 1.82) is 0 Å². The molecule has 3 aromatic rings. The molecule has 0 unspecified atom stereocenters. The van der Waals surface area contributed by atoms with Gasteiger partial charge in [0.1, 0.15) is 0 Å². The fourth-order valence-electron chi connectivity index (χ4n) is 3.05. The standard InChI is InChI=1S/C23H25NO3S/c1-15-9-8-10-16(2)22(15)28-20-14-13-19(27-20)23(26)24(4)17(3)21(25)18-11-6-5-7-12-18/h5-14,17,21,25H,1-4H3/t17-,21-/m0/s1. The van der Waals surface area contributed by atoms with Gasteiger partial charge < -0.3 is 14.4 Å². The maximum atomic E-state index is 12.8. The summed E-state index contributed by atoms with van der Waals surface area (Å²) in [7, 11) is 1.68. The van der Waals surface area contributed by atoms with Crippen LogP contribution in [0.15, 0.2) is 75.1 Å². The number of nitrogens with zero attached hydrogens (tertiary/aromatic N) is 1. The summed E-state index contributed by atoms with van der Waals surface area (Å²) in [5, 5.41) is 11.3. The summed E-state index contributed by atoms with van der Waals surface area (Å²) < 4.78 is 5.81. The molecule has 0 aliphatic heterocycles. The second-order valence-electron chi connectivity index (χ2n) is 6.95. The molecule has 0 aliphatic rings. The maximum absolute atomic E-state index is 12.8. The molecular formula is C23H25NO3S. The lowest BCUT2D eigenvalue weighted by molar-refractivity contribution is 0.0457. The third-order valence-electron chi connectivity index (χ3n) is 4.93. The van der Waals surface area contributed by atoms with E-state index in [2.05, 4.69) is 26.0 Å². The first kappa shape index (κ1) is 20.2. The topological polar surface area (TPSA) is 53.7 Å². The Kier molecular flexibility index (Phi) is 6.27. The molecular weight excluding hydrogens is 370 g/mol. The Bertz CT molecular complexity index is 931. The van der Waals surface area contributed by atoms with Crippen LogP contribution in [0, 0.1) is 13.8 Å². The number of likely N-dealkylation sites (N-methyl/N-ethyl adjacent to an activating group) is 1. The van der Waals surface area contributed by atoms with Gasteiger partial charge in [-0.1, -0.05) is 60.3 Å². The number of carbonyl (C=O) groups excluding carboxylic acids is 1. The molecule has 1 amide bonds. The van der Waals surface area contributed by atoms with Crippen molar-refractivity contribution < 1.29 is 14.3 Å². The van der Waals surface area contributed by atoms with E-state index >= 15 is 0 Å². The minimum Gasteiger partial charge on any atom is -0.444 e. The van der Waals surface area contributed by atoms with Crippen LogP contribution in [0.4, 0.5) is 0 Å². The summed E-state index contributed by atoms with van der Waals surface area (Å²) >= 11 is 1.52. The van der Waals surface area contributed by atoms with Gasteiger partial charge >= 0.3 is 0 Å². The number of rotatable bonds is 6. The van der Waals surface area contributed by atoms with E-state index in [-0.39, 0.29) is 11.7 Å². The minimum absolute atomic E-state index is 0.254. The molecule has 0 spiro atoms. The Hall–Kier alpha value is -2.50. The largest absolute Gasteiger partial charge is 0.444 e. The quantitative estimate of drug-likeness (QED) is 0.620. The average molecular weight is 396 g/mol. The highest BCUT2D eigenvalue weighted by Gasteiger charge is 2.26. The average Bonchev–Trinajstić information content (AvgIpc) is 3.18. The van der Waals surface area contributed by atoms with Gasteiger partial charge in [0.2, 0.25) is 0 Å². The molecule has 2 aromatic carbocycles. The number of hydrogen-bond donors (Lipinski definition) is 1. The van der Waals surface area contributed by atoms with Crippen LogP contribution in [0.2, 0.25) is 0 Å². The van der Waals surface area contributed by atoms with Gasteiger partial charge in [-0.15, -0.1) is 0 Å². The van der Waals surface area contributed by atoms with Crippen molar-refractivity contribution in [1.82, 2.24) is 4.90 Å². The van der Waals surface area contributed by atoms with Gasteiger partial charge in [0.05, 0.1) is 12.1 Å². The summed E-state index contributed by atoms with van der Waals surface area (Å²) in [6.45, 7) is 5.94. The predicted molar refractivity (Wildman–Crippen MR) is 112 cm³/mol. The van der Waals surface area contributed by atoms with Crippen LogP contribution in [0.3, 0.4) is 0 Å². The molecule has 5 heteroatoms. The normalized spacial score (nSPS) is 13.2. The smallest absolute Gasteiger partial charge is 0.289 e. The molecule has 0 saturated carbocycles. The van der Waals surface area contributed by atoms with Gasteiger partial charge in [0, 0.05) is 11.9 Å². The van der Waals surface area contributed by atoms with E-state index in [1.807, 2.05) is 49.4 Å². The third-order valence-corrected chi connectivity index (χ3v) is 6.20. The van der Waals surface area contributed by atoms with Crippen LogP contribution < -0.4 is 0 Å². The summed E-state index contributed by atoms with van der Waals surface area (Å²) in [4.78, 5) is 15.5. The fraction of sp³-hybridized carbons (Fsp3) is 0.261. The van der Waals surface area contributed by atoms with Crippen LogP contribution in [0.1, 0.15) is 40.3 Å². The molecule has 28 heavy (non-hydrogen) atoms. The maximum Gasteiger partial charge on any atom is 0.289 e. The molecule has 0 aliphatic carbocycles. The number of aliphatic hydroxyl groups is 1. The minimum atomic E-state index is -0.770. The number of furan rings is 1. The zero-order chi connectivity index (χ0) is 20.3. The van der Waals surface area contributed by atoms with Gasteiger partial charge in [-0.25, -0.2) is 0 Å². The Morgan fingerprint density at radius 2 is 1.64 bits per heavy atom. The van der Waals surface area contributed by atoms with Gasteiger partial charge in [0.15, 0.2) is 10.9 Å². The van der Waals surface area contributed by atoms with Crippen molar-refractivity contribution >= 4 is 17.7 Å². The molecule has 146 valence electrons. The lowest BCUT2D eigenvalue weighted by Gasteiger charge is -2.28. The molecule has 2 atom stereocenters. The number of carbonyl (C=O) groups is 1. The van der Waals surface area contributed by atoms with Crippen molar-refractivity contribution in [2.75, 3.05) is 7.05 Å². The first-order valence-electron chi connectivity index (χ1n) is 9.22. The van der Waals surface area contributed by atoms with E-state index < -0.39 is 12.1 Å². The van der Waals surface area contributed by atoms with E-state index in [4.69, 9.17) is 4.42 Å². The summed E-state index contributed by atoms with van der Waals surface area (Å²) in [6.07, 6.45) is -0.770. The third kappa shape index (κ3) is 4.32. The van der Waals surface area contributed by atoms with E-state index in [9.17, 15) is 9.90 Å². The lowest BCUT2D eigenvalue weighted by Crippen LogP contribution is -2.38. The Morgan fingerprint density at radius 1 is 1.00 bits per heavy atom. The molecule has 1 aromatic heterocycles. The monoisotopic (exact) mass is 395 g/mol. The molecule has 0 radical (unpaired) electrons. The van der Waals surface area contributed by atoms with Crippen molar-refractivity contribution in [2.45, 2.75) is 42.9 Å². The Labute approximate surface area is 170 Å². The van der Waals surface area contributed by atoms with E-state index in [0.29, 0.717) is 5.09 Å². The number of hydrogen-bond acceptors (Lipinski definition) is 4. The van der Waals surface area contributed by atoms with Crippen molar-refractivity contribution in [3.05, 3.63) is 83.1 Å². The Morgan fingerprint density at radius 3 is 2.29 bits per heavy atom. The molecule has 1 N–H and O–H groups in total. The van der Waals surface area contributed by atoms with Crippen LogP contribution >= 0.6 is 11.8 Å². The van der Waals surface area contributed by atoms with Crippen molar-refractivity contribution in [2.24, 2.45) is 0 Å². The van der Waals surface area contributed by atoms with Crippen molar-refractivity contribution in [3.63, 3.8) is 0 Å². The van der Waals surface area contributed by atoms with E-state index in [1.54, 1.807) is 13.1 Å². The number of benzene rings is 2.